The molecule has 1 N–H and O–H groups in total. The molecule has 0 aromatic carbocycles. The van der Waals surface area contributed by atoms with Gasteiger partial charge in [-0.3, -0.25) is 4.79 Å². The first-order valence-corrected chi connectivity index (χ1v) is 11.2. The summed E-state index contributed by atoms with van der Waals surface area (Å²) in [5.41, 5.74) is 0.893. The van der Waals surface area contributed by atoms with E-state index in [0.29, 0.717) is 5.82 Å². The van der Waals surface area contributed by atoms with Crippen molar-refractivity contribution < 1.29 is 4.79 Å². The Morgan fingerprint density at radius 2 is 1.92 bits per heavy atom. The van der Waals surface area contributed by atoms with Gasteiger partial charge in [-0.2, -0.15) is 11.8 Å². The van der Waals surface area contributed by atoms with Crippen molar-refractivity contribution in [2.75, 3.05) is 49.6 Å². The van der Waals surface area contributed by atoms with Gasteiger partial charge in [0.05, 0.1) is 10.9 Å². The Labute approximate surface area is 162 Å². The molecule has 0 aliphatic carbocycles. The zero-order valence-electron chi connectivity index (χ0n) is 15.3. The standard InChI is InChI=1S/C18H25N5OS2/c1-12-15-14(11-26-12)20-16(21-17(15)23-7-9-25-10-8-23)18(24)19-13-3-5-22(2)6-4-13/h11,13H,3-10H2,1-2H3,(H,19,24). The average molecular weight is 392 g/mol. The zero-order chi connectivity index (χ0) is 18.1. The van der Waals surface area contributed by atoms with Crippen molar-refractivity contribution in [1.29, 1.82) is 0 Å². The molecule has 8 heteroatoms. The van der Waals surface area contributed by atoms with Crippen LogP contribution in [0.15, 0.2) is 5.38 Å². The SMILES string of the molecule is Cc1scc2nc(C(=O)NC3CCN(C)CC3)nc(N3CCSCC3)c12. The molecule has 0 bridgehead atoms. The summed E-state index contributed by atoms with van der Waals surface area (Å²) in [5, 5.41) is 6.30. The predicted octanol–water partition coefficient (Wildman–Crippen LogP) is 2.38. The van der Waals surface area contributed by atoms with Gasteiger partial charge in [-0.05, 0) is 39.9 Å². The second-order valence-corrected chi connectivity index (χ2v) is 9.38. The van der Waals surface area contributed by atoms with Gasteiger partial charge in [-0.25, -0.2) is 9.97 Å². The molecular formula is C18H25N5OS2. The van der Waals surface area contributed by atoms with Crippen molar-refractivity contribution in [2.24, 2.45) is 0 Å². The highest BCUT2D eigenvalue weighted by Crippen LogP contribution is 2.32. The lowest BCUT2D eigenvalue weighted by Gasteiger charge is -2.30. The van der Waals surface area contributed by atoms with E-state index in [1.54, 1.807) is 11.3 Å². The van der Waals surface area contributed by atoms with Gasteiger partial charge in [0, 0.05) is 40.9 Å². The van der Waals surface area contributed by atoms with Crippen LogP contribution in [0.5, 0.6) is 0 Å². The van der Waals surface area contributed by atoms with Crippen molar-refractivity contribution in [3.8, 4) is 0 Å². The van der Waals surface area contributed by atoms with E-state index in [0.717, 1.165) is 67.2 Å². The highest BCUT2D eigenvalue weighted by Gasteiger charge is 2.24. The van der Waals surface area contributed by atoms with Crippen LogP contribution in [0.4, 0.5) is 5.82 Å². The monoisotopic (exact) mass is 391 g/mol. The third-order valence-corrected chi connectivity index (χ3v) is 7.03. The Kier molecular flexibility index (Phi) is 5.33. The first kappa shape index (κ1) is 18.0. The van der Waals surface area contributed by atoms with Crippen molar-refractivity contribution in [2.45, 2.75) is 25.8 Å². The molecule has 0 radical (unpaired) electrons. The number of anilines is 1. The van der Waals surface area contributed by atoms with Gasteiger partial charge in [0.1, 0.15) is 5.82 Å². The summed E-state index contributed by atoms with van der Waals surface area (Å²) < 4.78 is 0. The predicted molar refractivity (Wildman–Crippen MR) is 110 cm³/mol. The molecule has 4 heterocycles. The second-order valence-electron chi connectivity index (χ2n) is 7.07. The molecule has 2 aromatic rings. The maximum absolute atomic E-state index is 12.8. The van der Waals surface area contributed by atoms with Gasteiger partial charge in [-0.1, -0.05) is 0 Å². The van der Waals surface area contributed by atoms with Crippen LogP contribution < -0.4 is 10.2 Å². The lowest BCUT2D eigenvalue weighted by Crippen LogP contribution is -2.44. The van der Waals surface area contributed by atoms with Crippen molar-refractivity contribution >= 4 is 45.7 Å². The Bertz CT molecular complexity index is 794. The number of rotatable bonds is 3. The van der Waals surface area contributed by atoms with Crippen molar-refractivity contribution in [3.63, 3.8) is 0 Å². The third-order valence-electron chi connectivity index (χ3n) is 5.18. The molecule has 4 rings (SSSR count). The van der Waals surface area contributed by atoms with E-state index in [4.69, 9.17) is 4.98 Å². The van der Waals surface area contributed by atoms with Crippen LogP contribution >= 0.6 is 23.1 Å². The van der Waals surface area contributed by atoms with Crippen LogP contribution in [0.1, 0.15) is 28.3 Å². The number of nitrogens with zero attached hydrogens (tertiary/aromatic N) is 4. The van der Waals surface area contributed by atoms with Crippen molar-refractivity contribution in [3.05, 3.63) is 16.1 Å². The fourth-order valence-electron chi connectivity index (χ4n) is 3.60. The molecule has 2 saturated heterocycles. The maximum Gasteiger partial charge on any atom is 0.289 e. The number of aryl methyl sites for hydroxylation is 1. The molecule has 0 saturated carbocycles. The van der Waals surface area contributed by atoms with Crippen molar-refractivity contribution in [1.82, 2.24) is 20.2 Å². The van der Waals surface area contributed by atoms with E-state index in [9.17, 15) is 4.79 Å². The number of hydrogen-bond acceptors (Lipinski definition) is 7. The van der Waals surface area contributed by atoms with Crippen LogP contribution in [-0.2, 0) is 0 Å². The highest BCUT2D eigenvalue weighted by molar-refractivity contribution is 7.99. The first-order valence-electron chi connectivity index (χ1n) is 9.20. The van der Waals surface area contributed by atoms with Gasteiger partial charge >= 0.3 is 0 Å². The molecule has 2 fully saturated rings. The summed E-state index contributed by atoms with van der Waals surface area (Å²) in [6, 6.07) is 0.219. The van der Waals surface area contributed by atoms with E-state index in [1.807, 2.05) is 17.1 Å². The number of aromatic nitrogens is 2. The lowest BCUT2D eigenvalue weighted by molar-refractivity contribution is 0.0906. The van der Waals surface area contributed by atoms with Gasteiger partial charge < -0.3 is 15.1 Å². The van der Waals surface area contributed by atoms with Crippen LogP contribution in [0.3, 0.4) is 0 Å². The molecule has 2 aliphatic heterocycles. The second kappa shape index (κ2) is 7.70. The number of fused-ring (bicyclic) bond motifs is 1. The smallest absolute Gasteiger partial charge is 0.289 e. The van der Waals surface area contributed by atoms with E-state index < -0.39 is 0 Å². The number of piperidine rings is 1. The van der Waals surface area contributed by atoms with Crippen LogP contribution in [0.2, 0.25) is 0 Å². The normalized spacial score (nSPS) is 19.8. The van der Waals surface area contributed by atoms with E-state index in [1.165, 1.54) is 4.88 Å². The van der Waals surface area contributed by atoms with Gasteiger partial charge in [-0.15, -0.1) is 11.3 Å². The van der Waals surface area contributed by atoms with Gasteiger partial charge in [0.15, 0.2) is 0 Å². The minimum absolute atomic E-state index is 0.141. The first-order chi connectivity index (χ1) is 12.6. The molecule has 26 heavy (non-hydrogen) atoms. The Morgan fingerprint density at radius 3 is 2.65 bits per heavy atom. The van der Waals surface area contributed by atoms with Crippen LogP contribution in [-0.4, -0.2) is 71.5 Å². The quantitative estimate of drug-likeness (QED) is 0.867. The Hall–Kier alpha value is -1.38. The molecule has 2 aliphatic rings. The molecule has 0 spiro atoms. The maximum atomic E-state index is 12.8. The number of carbonyl (C=O) groups excluding carboxylic acids is 1. The number of hydrogen-bond donors (Lipinski definition) is 1. The largest absolute Gasteiger partial charge is 0.354 e. The summed E-state index contributed by atoms with van der Waals surface area (Å²) >= 11 is 3.65. The fraction of sp³-hybridized carbons (Fsp3) is 0.611. The number of thiophene rings is 1. The molecule has 1 amide bonds. The van der Waals surface area contributed by atoms with E-state index in [-0.39, 0.29) is 11.9 Å². The number of likely N-dealkylation sites (tertiary alicyclic amines) is 1. The number of thioether (sulfide) groups is 1. The summed E-state index contributed by atoms with van der Waals surface area (Å²) in [4.78, 5) is 27.9. The zero-order valence-corrected chi connectivity index (χ0v) is 17.0. The molecule has 2 aromatic heterocycles. The number of carbonyl (C=O) groups is 1. The van der Waals surface area contributed by atoms with Crippen LogP contribution in [0.25, 0.3) is 10.9 Å². The lowest BCUT2D eigenvalue weighted by atomic mass is 10.1. The number of nitrogens with one attached hydrogen (secondary N) is 1. The van der Waals surface area contributed by atoms with Gasteiger partial charge in [0.25, 0.3) is 5.91 Å². The summed E-state index contributed by atoms with van der Waals surface area (Å²) in [7, 11) is 2.12. The molecule has 0 atom stereocenters. The molecule has 140 valence electrons. The summed E-state index contributed by atoms with van der Waals surface area (Å²) in [5.74, 6) is 3.31. The van der Waals surface area contributed by atoms with E-state index >= 15 is 0 Å². The summed E-state index contributed by atoms with van der Waals surface area (Å²) in [6.45, 7) is 6.09. The average Bonchev–Trinajstić information content (AvgIpc) is 3.05. The Balaban J connectivity index is 1.61. The minimum Gasteiger partial charge on any atom is -0.354 e. The topological polar surface area (TPSA) is 61.4 Å². The Morgan fingerprint density at radius 1 is 1.19 bits per heavy atom. The third kappa shape index (κ3) is 3.68. The fourth-order valence-corrected chi connectivity index (χ4v) is 5.28. The van der Waals surface area contributed by atoms with Crippen LogP contribution in [0, 0.1) is 6.92 Å². The molecule has 0 unspecified atom stereocenters. The molecular weight excluding hydrogens is 366 g/mol. The minimum atomic E-state index is -0.141. The summed E-state index contributed by atoms with van der Waals surface area (Å²) in [6.07, 6.45) is 1.97. The number of amides is 1. The molecule has 6 nitrogen and oxygen atoms in total. The highest BCUT2D eigenvalue weighted by atomic mass is 32.2. The van der Waals surface area contributed by atoms with E-state index in [2.05, 4.69) is 34.1 Å². The van der Waals surface area contributed by atoms with Gasteiger partial charge in [0.2, 0.25) is 5.82 Å².